The number of aromatic nitrogens is 1. The van der Waals surface area contributed by atoms with E-state index < -0.39 is 5.60 Å². The van der Waals surface area contributed by atoms with Crippen molar-refractivity contribution < 1.29 is 9.84 Å². The average Bonchev–Trinajstić information content (AvgIpc) is 2.62. The molecule has 2 aromatic carbocycles. The first-order valence-corrected chi connectivity index (χ1v) is 10.1. The Hall–Kier alpha value is -1.62. The van der Waals surface area contributed by atoms with Crippen LogP contribution in [0.1, 0.15) is 43.7 Å². The zero-order chi connectivity index (χ0) is 19.6. The molecule has 3 rings (SSSR count). The highest BCUT2D eigenvalue weighted by Crippen LogP contribution is 2.42. The van der Waals surface area contributed by atoms with Gasteiger partial charge in [-0.2, -0.15) is 0 Å². The van der Waals surface area contributed by atoms with Crippen molar-refractivity contribution in [3.63, 3.8) is 0 Å². The second kappa shape index (κ2) is 8.17. The molecule has 3 aromatic rings. The quantitative estimate of drug-likeness (QED) is 0.478. The van der Waals surface area contributed by atoms with Crippen molar-refractivity contribution in [1.29, 1.82) is 0 Å². The lowest BCUT2D eigenvalue weighted by molar-refractivity contribution is 0.0325. The molecule has 0 aliphatic heterocycles. The first-order valence-electron chi connectivity index (χ1n) is 8.97. The van der Waals surface area contributed by atoms with Crippen LogP contribution in [0.2, 0.25) is 5.02 Å². The highest BCUT2D eigenvalue weighted by Gasteiger charge is 2.36. The maximum Gasteiger partial charge on any atom is 0.217 e. The van der Waals surface area contributed by atoms with Crippen molar-refractivity contribution in [2.24, 2.45) is 0 Å². The second-order valence-corrected chi connectivity index (χ2v) is 8.37. The molecule has 2 atom stereocenters. The topological polar surface area (TPSA) is 42.4 Å². The van der Waals surface area contributed by atoms with E-state index in [-0.39, 0.29) is 5.92 Å². The van der Waals surface area contributed by atoms with Crippen molar-refractivity contribution in [1.82, 2.24) is 4.98 Å². The molecule has 1 heterocycles. The number of halogens is 2. The Bertz CT molecular complexity index is 941. The van der Waals surface area contributed by atoms with E-state index in [1.807, 2.05) is 49.4 Å². The van der Waals surface area contributed by atoms with Gasteiger partial charge in [0.1, 0.15) is 0 Å². The summed E-state index contributed by atoms with van der Waals surface area (Å²) < 4.78 is 6.61. The van der Waals surface area contributed by atoms with Crippen LogP contribution in [-0.2, 0) is 0 Å². The van der Waals surface area contributed by atoms with Gasteiger partial charge < -0.3 is 9.84 Å². The number of benzene rings is 2. The van der Waals surface area contributed by atoms with Crippen molar-refractivity contribution in [2.75, 3.05) is 7.11 Å². The van der Waals surface area contributed by atoms with Gasteiger partial charge in [0.25, 0.3) is 0 Å². The molecule has 1 N–H and O–H groups in total. The summed E-state index contributed by atoms with van der Waals surface area (Å²) in [5.74, 6) is 0.238. The number of fused-ring (bicyclic) bond motifs is 1. The van der Waals surface area contributed by atoms with Crippen LogP contribution in [0, 0.1) is 0 Å². The largest absolute Gasteiger partial charge is 0.481 e. The molecule has 5 heteroatoms. The number of hydrogen-bond donors (Lipinski definition) is 1. The molecule has 0 bridgehead atoms. The average molecular weight is 449 g/mol. The molecule has 27 heavy (non-hydrogen) atoms. The molecule has 1 aromatic heterocycles. The maximum absolute atomic E-state index is 11.4. The third-order valence-corrected chi connectivity index (χ3v) is 5.60. The number of nitrogens with zero attached hydrogens (tertiary/aromatic N) is 1. The van der Waals surface area contributed by atoms with Gasteiger partial charge in [-0.25, -0.2) is 4.98 Å². The highest BCUT2D eigenvalue weighted by molar-refractivity contribution is 9.10. The fourth-order valence-electron chi connectivity index (χ4n) is 3.70. The van der Waals surface area contributed by atoms with E-state index >= 15 is 0 Å². The molecule has 0 amide bonds. The summed E-state index contributed by atoms with van der Waals surface area (Å²) in [6.45, 7) is 3.95. The number of aliphatic hydroxyl groups is 1. The van der Waals surface area contributed by atoms with Gasteiger partial charge in [-0.05, 0) is 55.3 Å². The molecule has 0 saturated heterocycles. The Kier molecular flexibility index (Phi) is 6.09. The summed E-state index contributed by atoms with van der Waals surface area (Å²) in [5, 5.41) is 13.0. The van der Waals surface area contributed by atoms with Crippen LogP contribution in [0.3, 0.4) is 0 Å². The Morgan fingerprint density at radius 3 is 2.52 bits per heavy atom. The molecule has 0 fully saturated rings. The van der Waals surface area contributed by atoms with Crippen LogP contribution < -0.4 is 4.74 Å². The molecule has 0 radical (unpaired) electrons. The van der Waals surface area contributed by atoms with Crippen LogP contribution in [0.5, 0.6) is 5.88 Å². The van der Waals surface area contributed by atoms with Crippen LogP contribution in [0.15, 0.2) is 53.0 Å². The zero-order valence-electron chi connectivity index (χ0n) is 15.7. The van der Waals surface area contributed by atoms with E-state index in [1.54, 1.807) is 7.11 Å². The molecule has 0 saturated carbocycles. The molecule has 0 aliphatic carbocycles. The summed E-state index contributed by atoms with van der Waals surface area (Å²) >= 11 is 9.61. The molecule has 0 aliphatic rings. The van der Waals surface area contributed by atoms with Crippen LogP contribution >= 0.6 is 27.5 Å². The number of ether oxygens (including phenoxy) is 1. The second-order valence-electron chi connectivity index (χ2n) is 7.02. The summed E-state index contributed by atoms with van der Waals surface area (Å²) in [5.41, 5.74) is 1.73. The number of pyridine rings is 1. The van der Waals surface area contributed by atoms with Crippen molar-refractivity contribution in [3.8, 4) is 5.88 Å². The standard InChI is InChI=1S/C22H23BrClNO2/c1-4-11-22(2,26)20(14-5-8-17(24)9-6-14)18-13-15-12-16(23)7-10-19(15)25-21(18)27-3/h5-10,12-13,20,26H,4,11H2,1-3H3. The van der Waals surface area contributed by atoms with Crippen molar-refractivity contribution in [2.45, 2.75) is 38.2 Å². The minimum atomic E-state index is -0.961. The third-order valence-electron chi connectivity index (χ3n) is 4.86. The van der Waals surface area contributed by atoms with E-state index in [9.17, 15) is 5.11 Å². The van der Waals surface area contributed by atoms with Gasteiger partial charge in [-0.15, -0.1) is 0 Å². The Morgan fingerprint density at radius 2 is 1.89 bits per heavy atom. The minimum Gasteiger partial charge on any atom is -0.481 e. The maximum atomic E-state index is 11.4. The predicted molar refractivity (Wildman–Crippen MR) is 115 cm³/mol. The first-order chi connectivity index (χ1) is 12.9. The minimum absolute atomic E-state index is 0.291. The summed E-state index contributed by atoms with van der Waals surface area (Å²) in [6.07, 6.45) is 1.52. The number of methoxy groups -OCH3 is 1. The highest BCUT2D eigenvalue weighted by atomic mass is 79.9. The van der Waals surface area contributed by atoms with Crippen molar-refractivity contribution >= 4 is 38.4 Å². The van der Waals surface area contributed by atoms with E-state index in [2.05, 4.69) is 28.9 Å². The SMILES string of the molecule is CCCC(C)(O)C(c1ccc(Cl)cc1)c1cc2cc(Br)ccc2nc1OC. The smallest absolute Gasteiger partial charge is 0.217 e. The van der Waals surface area contributed by atoms with Gasteiger partial charge in [-0.3, -0.25) is 0 Å². The van der Waals surface area contributed by atoms with Crippen LogP contribution in [-0.4, -0.2) is 22.8 Å². The van der Waals surface area contributed by atoms with Gasteiger partial charge in [-0.1, -0.05) is 53.0 Å². The van der Waals surface area contributed by atoms with E-state index in [4.69, 9.17) is 21.3 Å². The van der Waals surface area contributed by atoms with Gasteiger partial charge in [0.15, 0.2) is 0 Å². The lowest BCUT2D eigenvalue weighted by Gasteiger charge is -2.34. The summed E-state index contributed by atoms with van der Waals surface area (Å²) in [6, 6.07) is 15.6. The fourth-order valence-corrected chi connectivity index (χ4v) is 4.20. The van der Waals surface area contributed by atoms with Gasteiger partial charge >= 0.3 is 0 Å². The van der Waals surface area contributed by atoms with Gasteiger partial charge in [0.05, 0.1) is 18.2 Å². The van der Waals surface area contributed by atoms with Crippen LogP contribution in [0.25, 0.3) is 10.9 Å². The third kappa shape index (κ3) is 4.29. The molecular formula is C22H23BrClNO2. The summed E-state index contributed by atoms with van der Waals surface area (Å²) in [7, 11) is 1.62. The van der Waals surface area contributed by atoms with Crippen LogP contribution in [0.4, 0.5) is 0 Å². The molecule has 0 spiro atoms. The predicted octanol–water partition coefficient (Wildman–Crippen LogP) is 6.34. The Morgan fingerprint density at radius 1 is 1.19 bits per heavy atom. The van der Waals surface area contributed by atoms with Gasteiger partial charge in [0, 0.05) is 26.4 Å². The van der Waals surface area contributed by atoms with E-state index in [0.29, 0.717) is 17.3 Å². The molecule has 142 valence electrons. The number of rotatable bonds is 6. The molecular weight excluding hydrogens is 426 g/mol. The van der Waals surface area contributed by atoms with Gasteiger partial charge in [0.2, 0.25) is 5.88 Å². The Balaban J connectivity index is 2.25. The Labute approximate surface area is 173 Å². The summed E-state index contributed by atoms with van der Waals surface area (Å²) in [4.78, 5) is 4.69. The lowest BCUT2D eigenvalue weighted by atomic mass is 9.76. The zero-order valence-corrected chi connectivity index (χ0v) is 18.0. The monoisotopic (exact) mass is 447 g/mol. The van der Waals surface area contributed by atoms with E-state index in [1.165, 1.54) is 0 Å². The van der Waals surface area contributed by atoms with Crippen molar-refractivity contribution in [3.05, 3.63) is 69.2 Å². The van der Waals surface area contributed by atoms with E-state index in [0.717, 1.165) is 32.9 Å². The number of hydrogen-bond acceptors (Lipinski definition) is 3. The fraction of sp³-hybridized carbons (Fsp3) is 0.318. The lowest BCUT2D eigenvalue weighted by Crippen LogP contribution is -2.34. The first kappa shape index (κ1) is 20.1. The molecule has 3 nitrogen and oxygen atoms in total. The normalized spacial score (nSPS) is 14.7. The molecule has 2 unspecified atom stereocenters.